The van der Waals surface area contributed by atoms with Crippen LogP contribution in [0.3, 0.4) is 0 Å². The van der Waals surface area contributed by atoms with Gasteiger partial charge in [-0.2, -0.15) is 0 Å². The van der Waals surface area contributed by atoms with Crippen LogP contribution in [0.1, 0.15) is 30.5 Å². The Bertz CT molecular complexity index is 575. The molecule has 0 radical (unpaired) electrons. The molecule has 1 N–H and O–H groups in total. The summed E-state index contributed by atoms with van der Waals surface area (Å²) in [7, 11) is 0. The zero-order chi connectivity index (χ0) is 15.2. The molecule has 0 spiro atoms. The van der Waals surface area contributed by atoms with Crippen LogP contribution < -0.4 is 10.1 Å². The zero-order valence-electron chi connectivity index (χ0n) is 13.4. The summed E-state index contributed by atoms with van der Waals surface area (Å²) >= 11 is 0. The number of hydrogen-bond acceptors (Lipinski definition) is 2. The highest BCUT2D eigenvalue weighted by Gasteiger charge is 2.05. The van der Waals surface area contributed by atoms with Gasteiger partial charge in [0, 0.05) is 5.69 Å². The van der Waals surface area contributed by atoms with E-state index in [-0.39, 0.29) is 6.10 Å². The molecule has 0 bridgehead atoms. The largest absolute Gasteiger partial charge is 0.489 e. The normalized spacial score (nSPS) is 12.0. The molecule has 2 aromatic carbocycles. The molecular weight excluding hydrogens is 258 g/mol. The van der Waals surface area contributed by atoms with Crippen molar-refractivity contribution in [3.8, 4) is 5.75 Å². The average Bonchev–Trinajstić information content (AvgIpc) is 2.49. The molecule has 0 heterocycles. The van der Waals surface area contributed by atoms with E-state index in [1.807, 2.05) is 12.1 Å². The molecule has 0 aliphatic carbocycles. The van der Waals surface area contributed by atoms with Crippen molar-refractivity contribution < 1.29 is 4.74 Å². The summed E-state index contributed by atoms with van der Waals surface area (Å²) in [6.07, 6.45) is 1.18. The van der Waals surface area contributed by atoms with Gasteiger partial charge in [-0.3, -0.25) is 0 Å². The van der Waals surface area contributed by atoms with Crippen LogP contribution in [0.15, 0.2) is 42.5 Å². The zero-order valence-corrected chi connectivity index (χ0v) is 13.4. The number of anilines is 1. The third kappa shape index (κ3) is 4.52. The van der Waals surface area contributed by atoms with Gasteiger partial charge in [0.1, 0.15) is 11.9 Å². The van der Waals surface area contributed by atoms with Crippen LogP contribution in [0.4, 0.5) is 5.69 Å². The maximum Gasteiger partial charge on any atom is 0.119 e. The Balaban J connectivity index is 1.89. The summed E-state index contributed by atoms with van der Waals surface area (Å²) in [5.41, 5.74) is 5.06. The van der Waals surface area contributed by atoms with E-state index in [1.54, 1.807) is 0 Å². The van der Waals surface area contributed by atoms with Gasteiger partial charge in [0.15, 0.2) is 0 Å². The standard InChI is InChI=1S/C19H25NO/c1-5-17-8-10-18(11-9-17)21-16(4)13-20-19-12-14(2)6-7-15(19)3/h6-12,16,20H,5,13H2,1-4H3/t16-/m0/s1. The SMILES string of the molecule is CCc1ccc(O[C@@H](C)CNc2cc(C)ccc2C)cc1. The third-order valence-electron chi connectivity index (χ3n) is 3.64. The topological polar surface area (TPSA) is 21.3 Å². The van der Waals surface area contributed by atoms with Crippen molar-refractivity contribution in [1.82, 2.24) is 0 Å². The summed E-state index contributed by atoms with van der Waals surface area (Å²) in [5, 5.41) is 3.47. The molecule has 21 heavy (non-hydrogen) atoms. The molecule has 1 atom stereocenters. The second kappa shape index (κ2) is 7.16. The van der Waals surface area contributed by atoms with E-state index < -0.39 is 0 Å². The number of nitrogens with one attached hydrogen (secondary N) is 1. The average molecular weight is 283 g/mol. The molecule has 0 aromatic heterocycles. The van der Waals surface area contributed by atoms with E-state index in [4.69, 9.17) is 4.74 Å². The van der Waals surface area contributed by atoms with Crippen LogP contribution in [0, 0.1) is 13.8 Å². The highest BCUT2D eigenvalue weighted by atomic mass is 16.5. The summed E-state index contributed by atoms with van der Waals surface area (Å²) in [5.74, 6) is 0.933. The number of hydrogen-bond donors (Lipinski definition) is 1. The van der Waals surface area contributed by atoms with Crippen molar-refractivity contribution in [2.75, 3.05) is 11.9 Å². The smallest absolute Gasteiger partial charge is 0.119 e. The van der Waals surface area contributed by atoms with Gasteiger partial charge in [-0.15, -0.1) is 0 Å². The van der Waals surface area contributed by atoms with Gasteiger partial charge < -0.3 is 10.1 Å². The Morgan fingerprint density at radius 3 is 2.43 bits per heavy atom. The van der Waals surface area contributed by atoms with Gasteiger partial charge in [-0.1, -0.05) is 31.2 Å². The van der Waals surface area contributed by atoms with Crippen LogP contribution >= 0.6 is 0 Å². The Kier molecular flexibility index (Phi) is 5.26. The molecule has 2 heteroatoms. The molecule has 0 amide bonds. The van der Waals surface area contributed by atoms with Gasteiger partial charge in [0.05, 0.1) is 6.54 Å². The first-order chi connectivity index (χ1) is 10.1. The second-order valence-electron chi connectivity index (χ2n) is 5.63. The Hall–Kier alpha value is -1.96. The molecule has 0 aliphatic rings. The highest BCUT2D eigenvalue weighted by molar-refractivity contribution is 5.52. The fraction of sp³-hybridized carbons (Fsp3) is 0.368. The lowest BCUT2D eigenvalue weighted by Crippen LogP contribution is -2.23. The predicted octanol–water partition coefficient (Wildman–Crippen LogP) is 4.75. The number of rotatable bonds is 6. The molecule has 0 unspecified atom stereocenters. The first kappa shape index (κ1) is 15.4. The molecule has 112 valence electrons. The molecule has 0 fully saturated rings. The van der Waals surface area contributed by atoms with E-state index >= 15 is 0 Å². The molecule has 2 aromatic rings. The lowest BCUT2D eigenvalue weighted by atomic mass is 10.1. The van der Waals surface area contributed by atoms with Crippen LogP contribution in [-0.2, 0) is 6.42 Å². The highest BCUT2D eigenvalue weighted by Crippen LogP contribution is 2.18. The third-order valence-corrected chi connectivity index (χ3v) is 3.64. The monoisotopic (exact) mass is 283 g/mol. The van der Waals surface area contributed by atoms with E-state index in [1.165, 1.54) is 22.4 Å². The Labute approximate surface area is 128 Å². The maximum atomic E-state index is 5.94. The Morgan fingerprint density at radius 1 is 1.05 bits per heavy atom. The lowest BCUT2D eigenvalue weighted by Gasteiger charge is -2.17. The summed E-state index contributed by atoms with van der Waals surface area (Å²) in [6.45, 7) is 9.27. The molecule has 0 aliphatic heterocycles. The van der Waals surface area contributed by atoms with Crippen LogP contribution in [0.5, 0.6) is 5.75 Å². The van der Waals surface area contributed by atoms with Crippen LogP contribution in [-0.4, -0.2) is 12.6 Å². The van der Waals surface area contributed by atoms with Crippen LogP contribution in [0.2, 0.25) is 0 Å². The number of ether oxygens (including phenoxy) is 1. The van der Waals surface area contributed by atoms with E-state index in [9.17, 15) is 0 Å². The number of aryl methyl sites for hydroxylation is 3. The van der Waals surface area contributed by atoms with E-state index in [0.717, 1.165) is 18.7 Å². The minimum Gasteiger partial charge on any atom is -0.489 e. The van der Waals surface area contributed by atoms with Crippen molar-refractivity contribution in [1.29, 1.82) is 0 Å². The van der Waals surface area contributed by atoms with Crippen LogP contribution in [0.25, 0.3) is 0 Å². The van der Waals surface area contributed by atoms with Crippen molar-refractivity contribution >= 4 is 5.69 Å². The second-order valence-corrected chi connectivity index (χ2v) is 5.63. The van der Waals surface area contributed by atoms with Crippen molar-refractivity contribution in [2.24, 2.45) is 0 Å². The van der Waals surface area contributed by atoms with Gasteiger partial charge in [0.25, 0.3) is 0 Å². The predicted molar refractivity (Wildman–Crippen MR) is 90.3 cm³/mol. The van der Waals surface area contributed by atoms with Crippen molar-refractivity contribution in [3.05, 3.63) is 59.2 Å². The summed E-state index contributed by atoms with van der Waals surface area (Å²) in [6, 6.07) is 14.8. The fourth-order valence-electron chi connectivity index (χ4n) is 2.26. The fourth-order valence-corrected chi connectivity index (χ4v) is 2.26. The van der Waals surface area contributed by atoms with Crippen molar-refractivity contribution in [3.63, 3.8) is 0 Å². The quantitative estimate of drug-likeness (QED) is 0.826. The van der Waals surface area contributed by atoms with Gasteiger partial charge in [0.2, 0.25) is 0 Å². The summed E-state index contributed by atoms with van der Waals surface area (Å²) in [4.78, 5) is 0. The van der Waals surface area contributed by atoms with Crippen molar-refractivity contribution in [2.45, 2.75) is 40.2 Å². The lowest BCUT2D eigenvalue weighted by molar-refractivity contribution is 0.234. The minimum absolute atomic E-state index is 0.123. The first-order valence-corrected chi connectivity index (χ1v) is 7.65. The molecule has 0 saturated heterocycles. The molecule has 2 nitrogen and oxygen atoms in total. The Morgan fingerprint density at radius 2 is 1.76 bits per heavy atom. The first-order valence-electron chi connectivity index (χ1n) is 7.65. The minimum atomic E-state index is 0.123. The van der Waals surface area contributed by atoms with Gasteiger partial charge >= 0.3 is 0 Å². The number of benzene rings is 2. The molecule has 2 rings (SSSR count). The summed E-state index contributed by atoms with van der Waals surface area (Å²) < 4.78 is 5.94. The van der Waals surface area contributed by atoms with Gasteiger partial charge in [-0.25, -0.2) is 0 Å². The van der Waals surface area contributed by atoms with E-state index in [2.05, 4.69) is 63.3 Å². The van der Waals surface area contributed by atoms with E-state index in [0.29, 0.717) is 0 Å². The van der Waals surface area contributed by atoms with Gasteiger partial charge in [-0.05, 0) is 62.1 Å². The molecular formula is C19H25NO. The molecule has 0 saturated carbocycles. The maximum absolute atomic E-state index is 5.94.